The number of halogens is 2. The number of ether oxygens (including phenoxy) is 1. The van der Waals surface area contributed by atoms with Crippen molar-refractivity contribution in [1.82, 2.24) is 8.52 Å². The lowest BCUT2D eigenvalue weighted by Gasteiger charge is -2.14. The van der Waals surface area contributed by atoms with E-state index < -0.39 is 16.8 Å². The first-order chi connectivity index (χ1) is 14.1. The molecule has 0 aliphatic heterocycles. The zero-order chi connectivity index (χ0) is 23.2. The van der Waals surface area contributed by atoms with Crippen LogP contribution in [0.3, 0.4) is 0 Å². The van der Waals surface area contributed by atoms with Crippen molar-refractivity contribution < 1.29 is 13.9 Å². The number of nitrogens with zero attached hydrogens (tertiary/aromatic N) is 2. The van der Waals surface area contributed by atoms with Crippen LogP contribution in [0.15, 0.2) is 26.2 Å². The number of carbonyl (C=O) groups is 1. The van der Waals surface area contributed by atoms with E-state index in [-0.39, 0.29) is 20.8 Å². The molecule has 0 saturated heterocycles. The third-order valence-corrected chi connectivity index (χ3v) is 5.67. The molecule has 0 aliphatic carbocycles. The van der Waals surface area contributed by atoms with Crippen LogP contribution in [0, 0.1) is 5.82 Å². The molecule has 0 aliphatic rings. The molecular weight excluding hydrogens is 475 g/mol. The predicted octanol–water partition coefficient (Wildman–Crippen LogP) is 5.19. The van der Waals surface area contributed by atoms with E-state index in [4.69, 9.17) is 4.74 Å². The van der Waals surface area contributed by atoms with Crippen LogP contribution in [0.4, 0.5) is 4.39 Å². The zero-order valence-corrected chi connectivity index (χ0v) is 20.7. The van der Waals surface area contributed by atoms with Gasteiger partial charge in [-0.3, -0.25) is 14.4 Å². The highest BCUT2D eigenvalue weighted by atomic mass is 79.9. The Kier molecular flexibility index (Phi) is 9.58. The zero-order valence-electron chi connectivity index (χ0n) is 18.3. The van der Waals surface area contributed by atoms with E-state index in [0.29, 0.717) is 23.3 Å². The summed E-state index contributed by atoms with van der Waals surface area (Å²) in [6.07, 6.45) is 1.14. The molecule has 0 atom stereocenters. The molecule has 1 aromatic carbocycles. The maximum Gasteiger partial charge on any atom is 0.280 e. The lowest BCUT2D eigenvalue weighted by Crippen LogP contribution is -2.19. The van der Waals surface area contributed by atoms with Crippen molar-refractivity contribution in [3.8, 4) is 0 Å². The standard InChI is InChI=1S/C14H10BrFN2O3S.C5H12O.C2H6/c1-2-3-17-10-5-8(15)9(16)4-7(10)12(20)11-13(21)18(6-19)22-14(11)17;1-5(2,3)6-4;1-2/h4-6H,2-3H2,1H3;1-4H3;1-2H3. The maximum atomic E-state index is 13.8. The molecule has 2 heterocycles. The molecule has 30 heavy (non-hydrogen) atoms. The van der Waals surface area contributed by atoms with Gasteiger partial charge in [-0.05, 0) is 66.8 Å². The van der Waals surface area contributed by atoms with Gasteiger partial charge in [0.05, 0.1) is 15.6 Å². The van der Waals surface area contributed by atoms with Gasteiger partial charge in [0.25, 0.3) is 5.56 Å². The average molecular weight is 503 g/mol. The molecule has 0 bridgehead atoms. The van der Waals surface area contributed by atoms with Crippen molar-refractivity contribution in [2.45, 2.75) is 60.1 Å². The van der Waals surface area contributed by atoms with E-state index in [1.165, 1.54) is 6.07 Å². The van der Waals surface area contributed by atoms with E-state index >= 15 is 0 Å². The van der Waals surface area contributed by atoms with E-state index in [1.54, 1.807) is 11.7 Å². The smallest absolute Gasteiger partial charge is 0.280 e. The number of methoxy groups -OCH3 is 1. The number of benzene rings is 1. The minimum absolute atomic E-state index is 0.0417. The molecule has 0 spiro atoms. The van der Waals surface area contributed by atoms with Gasteiger partial charge in [0.15, 0.2) is 0 Å². The van der Waals surface area contributed by atoms with Crippen LogP contribution in [0.2, 0.25) is 0 Å². The van der Waals surface area contributed by atoms with Gasteiger partial charge in [-0.1, -0.05) is 20.8 Å². The molecule has 6 nitrogen and oxygen atoms in total. The molecular formula is C21H28BrFN2O4S. The van der Waals surface area contributed by atoms with Crippen LogP contribution in [-0.2, 0) is 16.1 Å². The topological polar surface area (TPSA) is 70.3 Å². The molecule has 3 aromatic rings. The Bertz CT molecular complexity index is 1140. The lowest BCUT2D eigenvalue weighted by atomic mass is 10.1. The number of hydrogen-bond acceptors (Lipinski definition) is 5. The fraction of sp³-hybridized carbons (Fsp3) is 0.476. The third-order valence-electron chi connectivity index (χ3n) is 4.01. The van der Waals surface area contributed by atoms with Gasteiger partial charge in [0.1, 0.15) is 16.0 Å². The van der Waals surface area contributed by atoms with Gasteiger partial charge in [0, 0.05) is 19.0 Å². The quantitative estimate of drug-likeness (QED) is 0.462. The molecule has 9 heteroatoms. The summed E-state index contributed by atoms with van der Waals surface area (Å²) in [6.45, 7) is 12.6. The Morgan fingerprint density at radius 2 is 1.80 bits per heavy atom. The second kappa shape index (κ2) is 11.0. The van der Waals surface area contributed by atoms with E-state index in [2.05, 4.69) is 15.9 Å². The van der Waals surface area contributed by atoms with Gasteiger partial charge in [-0.25, -0.2) is 4.39 Å². The molecule has 0 radical (unpaired) electrons. The number of hydrogen-bond donors (Lipinski definition) is 0. The van der Waals surface area contributed by atoms with Crippen LogP contribution in [0.1, 0.15) is 48.0 Å². The van der Waals surface area contributed by atoms with Crippen LogP contribution in [0.5, 0.6) is 0 Å². The SMILES string of the molecule is CC.CCCn1c2cc(Br)c(F)cc2c(=O)c2c(=O)n(C=O)sc21.COC(C)(C)C. The molecule has 0 fully saturated rings. The maximum absolute atomic E-state index is 13.8. The van der Waals surface area contributed by atoms with Crippen LogP contribution >= 0.6 is 27.5 Å². The van der Waals surface area contributed by atoms with Crippen molar-refractivity contribution in [2.24, 2.45) is 0 Å². The summed E-state index contributed by atoms with van der Waals surface area (Å²) in [5.74, 6) is -0.571. The Balaban J connectivity index is 0.000000487. The second-order valence-electron chi connectivity index (χ2n) is 7.09. The molecule has 0 amide bonds. The van der Waals surface area contributed by atoms with Crippen LogP contribution in [-0.4, -0.2) is 27.6 Å². The molecule has 3 rings (SSSR count). The van der Waals surface area contributed by atoms with Gasteiger partial charge in [-0.2, -0.15) is 3.96 Å². The monoisotopic (exact) mass is 502 g/mol. The minimum atomic E-state index is -0.657. The molecule has 0 N–H and O–H groups in total. The molecule has 0 saturated carbocycles. The summed E-state index contributed by atoms with van der Waals surface area (Å²) in [5.41, 5.74) is -0.632. The number of fused-ring (bicyclic) bond motifs is 2. The number of aryl methyl sites for hydroxylation is 1. The highest BCUT2D eigenvalue weighted by Crippen LogP contribution is 2.26. The van der Waals surface area contributed by atoms with Crippen molar-refractivity contribution in [2.75, 3.05) is 7.11 Å². The molecule has 2 aromatic heterocycles. The first-order valence-electron chi connectivity index (χ1n) is 9.63. The normalized spacial score (nSPS) is 11.0. The van der Waals surface area contributed by atoms with E-state index in [1.807, 2.05) is 41.5 Å². The summed E-state index contributed by atoms with van der Waals surface area (Å²) in [6, 6.07) is 2.65. The number of aromatic nitrogens is 2. The van der Waals surface area contributed by atoms with Gasteiger partial charge >= 0.3 is 0 Å². The van der Waals surface area contributed by atoms with Crippen molar-refractivity contribution in [3.63, 3.8) is 0 Å². The second-order valence-corrected chi connectivity index (χ2v) is 8.91. The third kappa shape index (κ3) is 5.65. The summed E-state index contributed by atoms with van der Waals surface area (Å²) in [5, 5.41) is 0.0642. The first-order valence-corrected chi connectivity index (χ1v) is 11.2. The van der Waals surface area contributed by atoms with E-state index in [0.717, 1.165) is 28.0 Å². The van der Waals surface area contributed by atoms with Gasteiger partial charge in [0.2, 0.25) is 11.8 Å². The van der Waals surface area contributed by atoms with Crippen molar-refractivity contribution in [3.05, 3.63) is 43.0 Å². The van der Waals surface area contributed by atoms with Gasteiger partial charge in [-0.15, -0.1) is 0 Å². The predicted molar refractivity (Wildman–Crippen MR) is 126 cm³/mol. The van der Waals surface area contributed by atoms with Crippen molar-refractivity contribution >= 4 is 55.0 Å². The van der Waals surface area contributed by atoms with E-state index in [9.17, 15) is 18.8 Å². The molecule has 166 valence electrons. The number of pyridine rings is 1. The Labute approximate surface area is 187 Å². The largest absolute Gasteiger partial charge is 0.379 e. The Morgan fingerprint density at radius 3 is 2.27 bits per heavy atom. The fourth-order valence-electron chi connectivity index (χ4n) is 2.46. The summed E-state index contributed by atoms with van der Waals surface area (Å²) in [7, 11) is 1.71. The van der Waals surface area contributed by atoms with Crippen LogP contribution in [0.25, 0.3) is 21.1 Å². The highest BCUT2D eigenvalue weighted by molar-refractivity contribution is 9.10. The average Bonchev–Trinajstić information content (AvgIpc) is 3.05. The van der Waals surface area contributed by atoms with Gasteiger partial charge < -0.3 is 9.30 Å². The number of carbonyl (C=O) groups excluding carboxylic acids is 1. The molecule has 0 unspecified atom stereocenters. The van der Waals surface area contributed by atoms with Crippen molar-refractivity contribution in [1.29, 1.82) is 0 Å². The summed E-state index contributed by atoms with van der Waals surface area (Å²) >= 11 is 4.03. The summed E-state index contributed by atoms with van der Waals surface area (Å²) < 4.78 is 21.6. The highest BCUT2D eigenvalue weighted by Gasteiger charge is 2.19. The first kappa shape index (κ1) is 26.2. The van der Waals surface area contributed by atoms with Crippen LogP contribution < -0.4 is 11.0 Å². The minimum Gasteiger partial charge on any atom is -0.379 e. The Morgan fingerprint density at radius 1 is 1.23 bits per heavy atom. The summed E-state index contributed by atoms with van der Waals surface area (Å²) in [4.78, 5) is 36.1. The number of rotatable bonds is 3. The Hall–Kier alpha value is -1.84. The fourth-order valence-corrected chi connectivity index (χ4v) is 3.76. The lowest BCUT2D eigenvalue weighted by molar-refractivity contribution is 0.0397.